The Labute approximate surface area is 135 Å². The Hall–Kier alpha value is -2.82. The van der Waals surface area contributed by atoms with Crippen LogP contribution in [0.15, 0.2) is 60.7 Å². The van der Waals surface area contributed by atoms with Crippen LogP contribution in [0.5, 0.6) is 5.75 Å². The number of hydrogen-bond acceptors (Lipinski definition) is 2. The zero-order chi connectivity index (χ0) is 16.7. The van der Waals surface area contributed by atoms with Gasteiger partial charge in [-0.3, -0.25) is 0 Å². The summed E-state index contributed by atoms with van der Waals surface area (Å²) in [7, 11) is 0. The third kappa shape index (κ3) is 5.82. The summed E-state index contributed by atoms with van der Waals surface area (Å²) in [6.07, 6.45) is 0. The number of carbonyl (C=O) groups is 1. The lowest BCUT2D eigenvalue weighted by molar-refractivity contribution is 0.251. The van der Waals surface area contributed by atoms with E-state index in [4.69, 9.17) is 4.74 Å². The summed E-state index contributed by atoms with van der Waals surface area (Å²) in [5.41, 5.74) is 2.36. The molecule has 0 aliphatic carbocycles. The zero-order valence-electron chi connectivity index (χ0n) is 12.9. The molecule has 0 fully saturated rings. The molecule has 0 saturated carbocycles. The SMILES string of the molecule is C=C(C)COc1cccc(NC(=O)NCc2ccc(F)cc2)c1. The van der Waals surface area contributed by atoms with Gasteiger partial charge in [0.1, 0.15) is 18.2 Å². The standard InChI is InChI=1S/C18H19FN2O2/c1-13(2)12-23-17-5-3-4-16(10-17)21-18(22)20-11-14-6-8-15(19)9-7-14/h3-10H,1,11-12H2,2H3,(H2,20,21,22). The highest BCUT2D eigenvalue weighted by molar-refractivity contribution is 5.89. The summed E-state index contributed by atoms with van der Waals surface area (Å²) in [5, 5.41) is 5.43. The maximum absolute atomic E-state index is 12.8. The molecule has 4 nitrogen and oxygen atoms in total. The van der Waals surface area contributed by atoms with E-state index >= 15 is 0 Å². The molecule has 0 aromatic heterocycles. The van der Waals surface area contributed by atoms with Crippen LogP contribution < -0.4 is 15.4 Å². The summed E-state index contributed by atoms with van der Waals surface area (Å²) in [5.74, 6) is 0.356. The highest BCUT2D eigenvalue weighted by Gasteiger charge is 2.03. The van der Waals surface area contributed by atoms with E-state index in [9.17, 15) is 9.18 Å². The first-order valence-corrected chi connectivity index (χ1v) is 7.19. The van der Waals surface area contributed by atoms with Crippen LogP contribution in [0, 0.1) is 5.82 Å². The highest BCUT2D eigenvalue weighted by atomic mass is 19.1. The zero-order valence-corrected chi connectivity index (χ0v) is 12.9. The van der Waals surface area contributed by atoms with Crippen molar-refractivity contribution >= 4 is 11.7 Å². The molecule has 0 radical (unpaired) electrons. The molecular formula is C18H19FN2O2. The van der Waals surface area contributed by atoms with Crippen LogP contribution in [-0.2, 0) is 6.54 Å². The first-order valence-electron chi connectivity index (χ1n) is 7.19. The average molecular weight is 314 g/mol. The van der Waals surface area contributed by atoms with Crippen molar-refractivity contribution in [1.82, 2.24) is 5.32 Å². The van der Waals surface area contributed by atoms with E-state index in [0.717, 1.165) is 11.1 Å². The molecule has 0 atom stereocenters. The second-order valence-electron chi connectivity index (χ2n) is 5.21. The molecule has 2 rings (SSSR count). The van der Waals surface area contributed by atoms with Crippen LogP contribution in [0.1, 0.15) is 12.5 Å². The van der Waals surface area contributed by atoms with Crippen LogP contribution in [0.4, 0.5) is 14.9 Å². The van der Waals surface area contributed by atoms with E-state index in [1.165, 1.54) is 12.1 Å². The van der Waals surface area contributed by atoms with Gasteiger partial charge in [-0.05, 0) is 42.3 Å². The Bertz CT molecular complexity index is 684. The lowest BCUT2D eigenvalue weighted by Gasteiger charge is -2.10. The van der Waals surface area contributed by atoms with Crippen molar-refractivity contribution in [2.24, 2.45) is 0 Å². The molecule has 0 saturated heterocycles. The van der Waals surface area contributed by atoms with Crippen LogP contribution in [0.25, 0.3) is 0 Å². The third-order valence-electron chi connectivity index (χ3n) is 2.94. The number of halogens is 1. The van der Waals surface area contributed by atoms with Crippen molar-refractivity contribution in [3.05, 3.63) is 72.1 Å². The fourth-order valence-corrected chi connectivity index (χ4v) is 1.83. The minimum absolute atomic E-state index is 0.301. The molecule has 0 spiro atoms. The first-order chi connectivity index (χ1) is 11.0. The molecule has 2 aromatic carbocycles. The quantitative estimate of drug-likeness (QED) is 0.789. The van der Waals surface area contributed by atoms with Crippen molar-refractivity contribution in [2.75, 3.05) is 11.9 Å². The summed E-state index contributed by atoms with van der Waals surface area (Å²) in [6, 6.07) is 12.7. The lowest BCUT2D eigenvalue weighted by atomic mass is 10.2. The van der Waals surface area contributed by atoms with E-state index in [-0.39, 0.29) is 11.8 Å². The molecule has 2 aromatic rings. The van der Waals surface area contributed by atoms with Gasteiger partial charge in [-0.15, -0.1) is 0 Å². The van der Waals surface area contributed by atoms with E-state index < -0.39 is 0 Å². The van der Waals surface area contributed by atoms with Gasteiger partial charge in [0.25, 0.3) is 0 Å². The second-order valence-corrected chi connectivity index (χ2v) is 5.21. The topological polar surface area (TPSA) is 50.4 Å². The van der Waals surface area contributed by atoms with Gasteiger partial charge in [-0.2, -0.15) is 0 Å². The number of benzene rings is 2. The summed E-state index contributed by atoms with van der Waals surface area (Å²) < 4.78 is 18.3. The normalized spacial score (nSPS) is 10.0. The van der Waals surface area contributed by atoms with Gasteiger partial charge in [0.15, 0.2) is 0 Å². The van der Waals surface area contributed by atoms with E-state index in [2.05, 4.69) is 17.2 Å². The van der Waals surface area contributed by atoms with Crippen LogP contribution in [0.2, 0.25) is 0 Å². The molecule has 5 heteroatoms. The van der Waals surface area contributed by atoms with Crippen molar-refractivity contribution in [3.63, 3.8) is 0 Å². The fourth-order valence-electron chi connectivity index (χ4n) is 1.83. The highest BCUT2D eigenvalue weighted by Crippen LogP contribution is 2.17. The third-order valence-corrected chi connectivity index (χ3v) is 2.94. The van der Waals surface area contributed by atoms with Crippen LogP contribution >= 0.6 is 0 Å². The van der Waals surface area contributed by atoms with Gasteiger partial charge < -0.3 is 15.4 Å². The maximum Gasteiger partial charge on any atom is 0.319 e. The van der Waals surface area contributed by atoms with Gasteiger partial charge in [-0.25, -0.2) is 9.18 Å². The molecule has 0 heterocycles. The molecule has 2 N–H and O–H groups in total. The largest absolute Gasteiger partial charge is 0.489 e. The number of nitrogens with one attached hydrogen (secondary N) is 2. The van der Waals surface area contributed by atoms with E-state index in [0.29, 0.717) is 24.6 Å². The molecule has 2 amide bonds. The molecule has 0 aliphatic heterocycles. The number of ether oxygens (including phenoxy) is 1. The van der Waals surface area contributed by atoms with Gasteiger partial charge in [0.2, 0.25) is 0 Å². The predicted molar refractivity (Wildman–Crippen MR) is 89.0 cm³/mol. The number of amides is 2. The number of carbonyl (C=O) groups excluding carboxylic acids is 1. The molecule has 0 bridgehead atoms. The Kier molecular flexibility index (Phi) is 5.74. The molecule has 0 unspecified atom stereocenters. The van der Waals surface area contributed by atoms with Gasteiger partial charge in [-0.1, -0.05) is 24.8 Å². The summed E-state index contributed by atoms with van der Waals surface area (Å²) in [6.45, 7) is 6.40. The Morgan fingerprint density at radius 3 is 2.65 bits per heavy atom. The Balaban J connectivity index is 1.86. The van der Waals surface area contributed by atoms with E-state index in [1.54, 1.807) is 30.3 Å². The molecule has 0 aliphatic rings. The van der Waals surface area contributed by atoms with Gasteiger partial charge in [0.05, 0.1) is 0 Å². The number of anilines is 1. The van der Waals surface area contributed by atoms with Crippen LogP contribution in [-0.4, -0.2) is 12.6 Å². The summed E-state index contributed by atoms with van der Waals surface area (Å²) >= 11 is 0. The molecule has 120 valence electrons. The fraction of sp³-hybridized carbons (Fsp3) is 0.167. The summed E-state index contributed by atoms with van der Waals surface area (Å²) in [4.78, 5) is 11.9. The molecule has 23 heavy (non-hydrogen) atoms. The number of hydrogen-bond donors (Lipinski definition) is 2. The monoisotopic (exact) mass is 314 g/mol. The Morgan fingerprint density at radius 1 is 1.22 bits per heavy atom. The van der Waals surface area contributed by atoms with Crippen molar-refractivity contribution in [1.29, 1.82) is 0 Å². The first kappa shape index (κ1) is 16.5. The molecular weight excluding hydrogens is 295 g/mol. The van der Waals surface area contributed by atoms with Crippen LogP contribution in [0.3, 0.4) is 0 Å². The Morgan fingerprint density at radius 2 is 1.96 bits per heavy atom. The smallest absolute Gasteiger partial charge is 0.319 e. The van der Waals surface area contributed by atoms with E-state index in [1.807, 2.05) is 13.0 Å². The van der Waals surface area contributed by atoms with Crippen molar-refractivity contribution < 1.29 is 13.9 Å². The number of urea groups is 1. The second kappa shape index (κ2) is 7.98. The van der Waals surface area contributed by atoms with Crippen molar-refractivity contribution in [2.45, 2.75) is 13.5 Å². The van der Waals surface area contributed by atoms with Gasteiger partial charge in [0, 0.05) is 18.3 Å². The minimum atomic E-state index is -0.341. The van der Waals surface area contributed by atoms with Crippen molar-refractivity contribution in [3.8, 4) is 5.75 Å². The maximum atomic E-state index is 12.8. The average Bonchev–Trinajstić information content (AvgIpc) is 2.53. The van der Waals surface area contributed by atoms with Gasteiger partial charge >= 0.3 is 6.03 Å². The lowest BCUT2D eigenvalue weighted by Crippen LogP contribution is -2.28. The number of rotatable bonds is 6. The predicted octanol–water partition coefficient (Wildman–Crippen LogP) is 4.10. The minimum Gasteiger partial charge on any atom is -0.489 e.